The van der Waals surface area contributed by atoms with Gasteiger partial charge >= 0.3 is 0 Å². The molecule has 17 heavy (non-hydrogen) atoms. The van der Waals surface area contributed by atoms with Crippen molar-refractivity contribution in [2.24, 2.45) is 11.8 Å². The Balaban J connectivity index is 2.79. The van der Waals surface area contributed by atoms with Crippen LogP contribution in [0.5, 0.6) is 5.75 Å². The zero-order valence-corrected chi connectivity index (χ0v) is 11.1. The third-order valence-corrected chi connectivity index (χ3v) is 3.46. The van der Waals surface area contributed by atoms with Crippen molar-refractivity contribution in [1.82, 2.24) is 5.43 Å². The van der Waals surface area contributed by atoms with Crippen molar-refractivity contribution in [2.45, 2.75) is 39.2 Å². The second-order valence-corrected chi connectivity index (χ2v) is 4.37. The molecule has 0 heterocycles. The van der Waals surface area contributed by atoms with Gasteiger partial charge in [-0.1, -0.05) is 44.9 Å². The quantitative estimate of drug-likeness (QED) is 0.565. The number of hydrogen-bond donors (Lipinski definition) is 2. The van der Waals surface area contributed by atoms with Crippen LogP contribution in [0.4, 0.5) is 0 Å². The van der Waals surface area contributed by atoms with Crippen LogP contribution in [0.3, 0.4) is 0 Å². The molecule has 0 spiro atoms. The first-order valence-corrected chi connectivity index (χ1v) is 6.34. The lowest BCUT2D eigenvalue weighted by Gasteiger charge is -2.25. The molecule has 0 aromatic heterocycles. The van der Waals surface area contributed by atoms with Crippen LogP contribution in [-0.4, -0.2) is 13.2 Å². The Morgan fingerprint density at radius 3 is 2.41 bits per heavy atom. The number of ether oxygens (including phenoxy) is 1. The first-order valence-electron chi connectivity index (χ1n) is 6.34. The molecule has 3 heteroatoms. The summed E-state index contributed by atoms with van der Waals surface area (Å²) in [6.07, 6.45) is 3.19. The zero-order valence-electron chi connectivity index (χ0n) is 11.1. The smallest absolute Gasteiger partial charge is 0.122 e. The molecule has 1 atom stereocenters. The Morgan fingerprint density at radius 2 is 1.88 bits per heavy atom. The predicted octanol–water partition coefficient (Wildman–Crippen LogP) is 2.51. The van der Waals surface area contributed by atoms with Crippen LogP contribution < -0.4 is 16.0 Å². The molecule has 0 aliphatic carbocycles. The van der Waals surface area contributed by atoms with Crippen LogP contribution in [0, 0.1) is 5.92 Å². The molecule has 0 bridgehead atoms. The fourth-order valence-corrected chi connectivity index (χ4v) is 2.33. The van der Waals surface area contributed by atoms with E-state index in [1.807, 2.05) is 18.2 Å². The van der Waals surface area contributed by atoms with Crippen molar-refractivity contribution >= 4 is 0 Å². The molecule has 1 rings (SSSR count). The first kappa shape index (κ1) is 14.0. The molecule has 1 aromatic rings. The average molecular weight is 236 g/mol. The number of para-hydroxylation sites is 1. The van der Waals surface area contributed by atoms with Gasteiger partial charge in [-0.25, -0.2) is 0 Å². The molecular weight excluding hydrogens is 212 g/mol. The highest BCUT2D eigenvalue weighted by Gasteiger charge is 2.18. The maximum Gasteiger partial charge on any atom is 0.122 e. The molecule has 3 N–H and O–H groups in total. The minimum Gasteiger partial charge on any atom is -0.496 e. The van der Waals surface area contributed by atoms with Crippen molar-refractivity contribution in [1.29, 1.82) is 0 Å². The third kappa shape index (κ3) is 3.72. The average Bonchev–Trinajstić information content (AvgIpc) is 2.39. The van der Waals surface area contributed by atoms with Crippen LogP contribution in [0.2, 0.25) is 0 Å². The second kappa shape index (κ2) is 7.30. The van der Waals surface area contributed by atoms with Crippen molar-refractivity contribution in [3.8, 4) is 5.75 Å². The van der Waals surface area contributed by atoms with Gasteiger partial charge in [-0.05, 0) is 24.0 Å². The fraction of sp³-hybridized carbons (Fsp3) is 0.571. The van der Waals surface area contributed by atoms with Gasteiger partial charge in [-0.3, -0.25) is 11.3 Å². The Bertz CT molecular complexity index is 324. The van der Waals surface area contributed by atoms with E-state index in [-0.39, 0.29) is 0 Å². The number of hydrogen-bond acceptors (Lipinski definition) is 3. The summed E-state index contributed by atoms with van der Waals surface area (Å²) in [5, 5.41) is 0. The molecule has 0 saturated heterocycles. The molecule has 0 fully saturated rings. The summed E-state index contributed by atoms with van der Waals surface area (Å²) in [5.74, 6) is 7.22. The van der Waals surface area contributed by atoms with Crippen LogP contribution in [-0.2, 0) is 6.42 Å². The summed E-state index contributed by atoms with van der Waals surface area (Å²) in [6, 6.07) is 8.44. The van der Waals surface area contributed by atoms with Gasteiger partial charge in [-0.15, -0.1) is 0 Å². The van der Waals surface area contributed by atoms with E-state index in [4.69, 9.17) is 10.6 Å². The molecule has 3 nitrogen and oxygen atoms in total. The van der Waals surface area contributed by atoms with Crippen molar-refractivity contribution in [3.63, 3.8) is 0 Å². The van der Waals surface area contributed by atoms with Gasteiger partial charge in [0.25, 0.3) is 0 Å². The molecule has 0 aliphatic heterocycles. The number of nitrogens with two attached hydrogens (primary N) is 1. The monoisotopic (exact) mass is 236 g/mol. The first-order chi connectivity index (χ1) is 8.26. The predicted molar refractivity (Wildman–Crippen MR) is 71.9 cm³/mol. The van der Waals surface area contributed by atoms with E-state index in [0.717, 1.165) is 25.0 Å². The summed E-state index contributed by atoms with van der Waals surface area (Å²) in [5.41, 5.74) is 4.16. The summed E-state index contributed by atoms with van der Waals surface area (Å²) in [4.78, 5) is 0. The lowest BCUT2D eigenvalue weighted by molar-refractivity contribution is 0.330. The third-order valence-electron chi connectivity index (χ3n) is 3.46. The fourth-order valence-electron chi connectivity index (χ4n) is 2.33. The molecule has 0 saturated carbocycles. The highest BCUT2D eigenvalue weighted by atomic mass is 16.5. The van der Waals surface area contributed by atoms with Crippen LogP contribution >= 0.6 is 0 Å². The molecule has 96 valence electrons. The Labute approximate surface area is 104 Å². The van der Waals surface area contributed by atoms with E-state index >= 15 is 0 Å². The van der Waals surface area contributed by atoms with Gasteiger partial charge in [-0.2, -0.15) is 0 Å². The maximum atomic E-state index is 5.67. The normalized spacial score (nSPS) is 12.8. The lowest BCUT2D eigenvalue weighted by atomic mass is 9.89. The van der Waals surface area contributed by atoms with E-state index in [0.29, 0.717) is 12.0 Å². The molecular formula is C14H24N2O. The molecule has 1 unspecified atom stereocenters. The highest BCUT2D eigenvalue weighted by molar-refractivity contribution is 5.33. The standard InChI is InChI=1S/C14H24N2O/c1-4-11(5-2)13(16-15)10-12-8-6-7-9-14(12)17-3/h6-9,11,13,16H,4-5,10,15H2,1-3H3. The second-order valence-electron chi connectivity index (χ2n) is 4.37. The Morgan fingerprint density at radius 1 is 1.24 bits per heavy atom. The summed E-state index contributed by atoms with van der Waals surface area (Å²) >= 11 is 0. The van der Waals surface area contributed by atoms with E-state index in [9.17, 15) is 0 Å². The van der Waals surface area contributed by atoms with Crippen LogP contribution in [0.1, 0.15) is 32.3 Å². The SMILES string of the molecule is CCC(CC)C(Cc1ccccc1OC)NN. The number of hydrazine groups is 1. The summed E-state index contributed by atoms with van der Waals surface area (Å²) in [7, 11) is 1.71. The Kier molecular flexibility index (Phi) is 6.01. The zero-order chi connectivity index (χ0) is 12.7. The maximum absolute atomic E-state index is 5.67. The number of benzene rings is 1. The van der Waals surface area contributed by atoms with Crippen molar-refractivity contribution < 1.29 is 4.74 Å². The van der Waals surface area contributed by atoms with E-state index in [1.165, 1.54) is 5.56 Å². The van der Waals surface area contributed by atoms with Gasteiger partial charge in [0.05, 0.1) is 7.11 Å². The van der Waals surface area contributed by atoms with Crippen molar-refractivity contribution in [2.75, 3.05) is 7.11 Å². The number of rotatable bonds is 7. The number of methoxy groups -OCH3 is 1. The molecule has 0 radical (unpaired) electrons. The Hall–Kier alpha value is -1.06. The number of nitrogens with one attached hydrogen (secondary N) is 1. The molecule has 0 aliphatic rings. The van der Waals surface area contributed by atoms with Gasteiger partial charge in [0.2, 0.25) is 0 Å². The van der Waals surface area contributed by atoms with E-state index in [2.05, 4.69) is 25.3 Å². The van der Waals surface area contributed by atoms with E-state index in [1.54, 1.807) is 7.11 Å². The topological polar surface area (TPSA) is 47.3 Å². The minimum absolute atomic E-state index is 0.307. The van der Waals surface area contributed by atoms with Gasteiger partial charge in [0, 0.05) is 6.04 Å². The summed E-state index contributed by atoms with van der Waals surface area (Å²) < 4.78 is 5.37. The van der Waals surface area contributed by atoms with Gasteiger partial charge in [0.15, 0.2) is 0 Å². The van der Waals surface area contributed by atoms with E-state index < -0.39 is 0 Å². The van der Waals surface area contributed by atoms with Gasteiger partial charge in [0.1, 0.15) is 5.75 Å². The summed E-state index contributed by atoms with van der Waals surface area (Å²) in [6.45, 7) is 4.42. The lowest BCUT2D eigenvalue weighted by Crippen LogP contribution is -2.42. The van der Waals surface area contributed by atoms with Crippen LogP contribution in [0.25, 0.3) is 0 Å². The van der Waals surface area contributed by atoms with Crippen LogP contribution in [0.15, 0.2) is 24.3 Å². The minimum atomic E-state index is 0.307. The highest BCUT2D eigenvalue weighted by Crippen LogP contribution is 2.23. The molecule has 0 amide bonds. The van der Waals surface area contributed by atoms with Crippen molar-refractivity contribution in [3.05, 3.63) is 29.8 Å². The molecule has 1 aromatic carbocycles. The largest absolute Gasteiger partial charge is 0.496 e. The van der Waals surface area contributed by atoms with Gasteiger partial charge < -0.3 is 4.74 Å².